The topological polar surface area (TPSA) is 49.8 Å². The van der Waals surface area contributed by atoms with Gasteiger partial charge in [0.1, 0.15) is 0 Å². The Balaban J connectivity index is 2.14. The molecule has 3 nitrogen and oxygen atoms in total. The summed E-state index contributed by atoms with van der Waals surface area (Å²) in [6.45, 7) is 1.92. The molecule has 0 aliphatic carbocycles. The summed E-state index contributed by atoms with van der Waals surface area (Å²) < 4.78 is 5.48. The normalized spacial score (nSPS) is 10.2. The molecule has 0 fully saturated rings. The fraction of sp³-hybridized carbons (Fsp3) is 0.0588. The molecule has 2 aromatic carbocycles. The molecule has 0 spiro atoms. The second-order valence-electron chi connectivity index (χ2n) is 4.53. The number of nitriles is 1. The van der Waals surface area contributed by atoms with Crippen molar-refractivity contribution in [2.24, 2.45) is 0 Å². The Bertz CT molecular complexity index is 765. The average molecular weight is 260 g/mol. The molecule has 0 aliphatic heterocycles. The lowest BCUT2D eigenvalue weighted by atomic mass is 9.99. The van der Waals surface area contributed by atoms with Crippen LogP contribution < -0.4 is 0 Å². The van der Waals surface area contributed by atoms with E-state index in [2.05, 4.69) is 11.2 Å². The first kappa shape index (κ1) is 12.2. The minimum atomic E-state index is 0.643. The second-order valence-corrected chi connectivity index (χ2v) is 4.53. The van der Waals surface area contributed by atoms with E-state index in [1.807, 2.05) is 49.4 Å². The van der Waals surface area contributed by atoms with Crippen molar-refractivity contribution in [3.8, 4) is 28.5 Å². The van der Waals surface area contributed by atoms with Crippen molar-refractivity contribution < 1.29 is 4.52 Å². The Labute approximate surface area is 117 Å². The van der Waals surface area contributed by atoms with E-state index in [-0.39, 0.29) is 0 Å². The Hall–Kier alpha value is -2.86. The highest BCUT2D eigenvalue weighted by Crippen LogP contribution is 2.34. The molecule has 0 saturated carbocycles. The van der Waals surface area contributed by atoms with E-state index in [0.717, 1.165) is 28.1 Å². The quantitative estimate of drug-likeness (QED) is 0.694. The van der Waals surface area contributed by atoms with Crippen LogP contribution in [0.4, 0.5) is 0 Å². The van der Waals surface area contributed by atoms with E-state index in [1.165, 1.54) is 0 Å². The predicted molar refractivity (Wildman–Crippen MR) is 76.8 cm³/mol. The average Bonchev–Trinajstić information content (AvgIpc) is 2.90. The lowest BCUT2D eigenvalue weighted by Gasteiger charge is -2.03. The molecule has 96 valence electrons. The van der Waals surface area contributed by atoms with Crippen molar-refractivity contribution >= 4 is 0 Å². The SMILES string of the molecule is Cc1noc(-c2ccccc2)c1-c1ccc(C#N)cc1. The van der Waals surface area contributed by atoms with Crippen molar-refractivity contribution in [1.29, 1.82) is 5.26 Å². The molecular weight excluding hydrogens is 248 g/mol. The second kappa shape index (κ2) is 5.02. The lowest BCUT2D eigenvalue weighted by Crippen LogP contribution is -1.84. The van der Waals surface area contributed by atoms with E-state index >= 15 is 0 Å². The van der Waals surface area contributed by atoms with E-state index in [1.54, 1.807) is 12.1 Å². The molecule has 1 aromatic heterocycles. The Kier molecular flexibility index (Phi) is 3.06. The van der Waals surface area contributed by atoms with E-state index in [4.69, 9.17) is 9.78 Å². The van der Waals surface area contributed by atoms with Crippen LogP contribution in [0.15, 0.2) is 59.1 Å². The van der Waals surface area contributed by atoms with Crippen LogP contribution in [-0.2, 0) is 0 Å². The van der Waals surface area contributed by atoms with Crippen molar-refractivity contribution in [3.63, 3.8) is 0 Å². The largest absolute Gasteiger partial charge is 0.355 e. The molecule has 1 heterocycles. The summed E-state index contributed by atoms with van der Waals surface area (Å²) in [7, 11) is 0. The van der Waals surface area contributed by atoms with Gasteiger partial charge < -0.3 is 4.52 Å². The van der Waals surface area contributed by atoms with Crippen molar-refractivity contribution in [3.05, 3.63) is 65.9 Å². The van der Waals surface area contributed by atoms with Gasteiger partial charge in [-0.2, -0.15) is 5.26 Å². The Morgan fingerprint density at radius 3 is 2.30 bits per heavy atom. The maximum atomic E-state index is 8.87. The van der Waals surface area contributed by atoms with Gasteiger partial charge in [0.05, 0.1) is 22.9 Å². The number of aromatic nitrogens is 1. The molecule has 0 unspecified atom stereocenters. The minimum Gasteiger partial charge on any atom is -0.355 e. The fourth-order valence-corrected chi connectivity index (χ4v) is 2.21. The third-order valence-corrected chi connectivity index (χ3v) is 3.20. The van der Waals surface area contributed by atoms with E-state index in [9.17, 15) is 0 Å². The molecule has 0 radical (unpaired) electrons. The first-order valence-electron chi connectivity index (χ1n) is 6.32. The lowest BCUT2D eigenvalue weighted by molar-refractivity contribution is 0.427. The van der Waals surface area contributed by atoms with Crippen LogP contribution in [0.2, 0.25) is 0 Å². The first-order chi connectivity index (χ1) is 9.79. The molecule has 0 amide bonds. The third-order valence-electron chi connectivity index (χ3n) is 3.20. The molecule has 0 aliphatic rings. The summed E-state index contributed by atoms with van der Waals surface area (Å²) >= 11 is 0. The van der Waals surface area contributed by atoms with Gasteiger partial charge >= 0.3 is 0 Å². The van der Waals surface area contributed by atoms with Gasteiger partial charge in [-0.1, -0.05) is 47.6 Å². The zero-order chi connectivity index (χ0) is 13.9. The van der Waals surface area contributed by atoms with Gasteiger partial charge in [0.15, 0.2) is 5.76 Å². The number of benzene rings is 2. The molecule has 3 heteroatoms. The van der Waals surface area contributed by atoms with Gasteiger partial charge in [0.25, 0.3) is 0 Å². The van der Waals surface area contributed by atoms with Gasteiger partial charge in [-0.3, -0.25) is 0 Å². The van der Waals surface area contributed by atoms with Crippen LogP contribution in [0.3, 0.4) is 0 Å². The first-order valence-corrected chi connectivity index (χ1v) is 6.32. The number of aryl methyl sites for hydroxylation is 1. The molecule has 20 heavy (non-hydrogen) atoms. The minimum absolute atomic E-state index is 0.643. The summed E-state index contributed by atoms with van der Waals surface area (Å²) in [5.41, 5.74) is 4.45. The summed E-state index contributed by atoms with van der Waals surface area (Å²) in [5.74, 6) is 0.757. The molecule has 0 saturated heterocycles. The van der Waals surface area contributed by atoms with Crippen LogP contribution >= 0.6 is 0 Å². The maximum absolute atomic E-state index is 8.87. The van der Waals surface area contributed by atoms with Crippen molar-refractivity contribution in [1.82, 2.24) is 5.16 Å². The maximum Gasteiger partial charge on any atom is 0.174 e. The van der Waals surface area contributed by atoms with Gasteiger partial charge in [0.2, 0.25) is 0 Å². The molecule has 3 aromatic rings. The predicted octanol–water partition coefficient (Wildman–Crippen LogP) is 4.19. The summed E-state index contributed by atoms with van der Waals surface area (Å²) in [5, 5.41) is 12.9. The van der Waals surface area contributed by atoms with Crippen LogP contribution in [-0.4, -0.2) is 5.16 Å². The zero-order valence-electron chi connectivity index (χ0n) is 11.0. The van der Waals surface area contributed by atoms with E-state index < -0.39 is 0 Å². The smallest absolute Gasteiger partial charge is 0.174 e. The number of hydrogen-bond donors (Lipinski definition) is 0. The summed E-state index contributed by atoms with van der Waals surface area (Å²) in [4.78, 5) is 0. The highest BCUT2D eigenvalue weighted by atomic mass is 16.5. The standard InChI is InChI=1S/C17H12N2O/c1-12-16(14-9-7-13(11-18)8-10-14)17(20-19-12)15-5-3-2-4-6-15/h2-10H,1H3. The fourth-order valence-electron chi connectivity index (χ4n) is 2.21. The zero-order valence-corrected chi connectivity index (χ0v) is 11.0. The highest BCUT2D eigenvalue weighted by Gasteiger charge is 2.16. The third kappa shape index (κ3) is 2.08. The molecular formula is C17H12N2O. The summed E-state index contributed by atoms with van der Waals surface area (Å²) in [6.07, 6.45) is 0. The molecule has 0 atom stereocenters. The number of nitrogens with zero attached hydrogens (tertiary/aromatic N) is 2. The van der Waals surface area contributed by atoms with Crippen LogP contribution in [0, 0.1) is 18.3 Å². The van der Waals surface area contributed by atoms with Crippen molar-refractivity contribution in [2.75, 3.05) is 0 Å². The van der Waals surface area contributed by atoms with E-state index in [0.29, 0.717) is 5.56 Å². The number of hydrogen-bond acceptors (Lipinski definition) is 3. The number of rotatable bonds is 2. The monoisotopic (exact) mass is 260 g/mol. The van der Waals surface area contributed by atoms with Gasteiger partial charge in [-0.25, -0.2) is 0 Å². The molecule has 0 N–H and O–H groups in total. The molecule has 0 bridgehead atoms. The van der Waals surface area contributed by atoms with Gasteiger partial charge in [-0.05, 0) is 24.6 Å². The Morgan fingerprint density at radius 1 is 0.950 bits per heavy atom. The van der Waals surface area contributed by atoms with Crippen LogP contribution in [0.25, 0.3) is 22.5 Å². The van der Waals surface area contributed by atoms with Gasteiger partial charge in [-0.15, -0.1) is 0 Å². The van der Waals surface area contributed by atoms with Crippen LogP contribution in [0.1, 0.15) is 11.3 Å². The molecule has 3 rings (SSSR count). The Morgan fingerprint density at radius 2 is 1.65 bits per heavy atom. The van der Waals surface area contributed by atoms with Gasteiger partial charge in [0, 0.05) is 5.56 Å². The van der Waals surface area contributed by atoms with Crippen molar-refractivity contribution in [2.45, 2.75) is 6.92 Å². The summed E-state index contributed by atoms with van der Waals surface area (Å²) in [6, 6.07) is 19.5. The van der Waals surface area contributed by atoms with Crippen LogP contribution in [0.5, 0.6) is 0 Å². The highest BCUT2D eigenvalue weighted by molar-refractivity contribution is 5.81.